The van der Waals surface area contributed by atoms with E-state index in [1.807, 2.05) is 0 Å². The zero-order valence-electron chi connectivity index (χ0n) is 13.2. The van der Waals surface area contributed by atoms with Crippen molar-refractivity contribution in [2.24, 2.45) is 0 Å². The van der Waals surface area contributed by atoms with Crippen LogP contribution in [0.5, 0.6) is 11.5 Å². The molecule has 0 bridgehead atoms. The number of ether oxygens (including phenoxy) is 2. The lowest BCUT2D eigenvalue weighted by Crippen LogP contribution is -2.41. The zero-order chi connectivity index (χ0) is 16.9. The molecule has 0 aromatic heterocycles. The van der Waals surface area contributed by atoms with Gasteiger partial charge in [-0.2, -0.15) is 0 Å². The molecule has 1 rings (SSSR count). The maximum Gasteiger partial charge on any atom is 0.314 e. The second kappa shape index (κ2) is 11.5. The van der Waals surface area contributed by atoms with Gasteiger partial charge in [-0.3, -0.25) is 0 Å². The van der Waals surface area contributed by atoms with Gasteiger partial charge in [0.05, 0.1) is 6.61 Å². The van der Waals surface area contributed by atoms with Crippen LogP contribution in [0, 0.1) is 0 Å². The number of benzene rings is 1. The zero-order valence-corrected chi connectivity index (χ0v) is 13.2. The van der Waals surface area contributed by atoms with Gasteiger partial charge in [0, 0.05) is 33.3 Å². The summed E-state index contributed by atoms with van der Waals surface area (Å²) in [6.07, 6.45) is -0.667. The van der Waals surface area contributed by atoms with Crippen LogP contribution < -0.4 is 20.7 Å². The molecule has 1 aromatic carbocycles. The SMILES string of the molecule is COCCNC(=O)NCCNCC(O)COc1ccc(O)cc1. The van der Waals surface area contributed by atoms with Crippen LogP contribution in [0.4, 0.5) is 4.79 Å². The van der Waals surface area contributed by atoms with Gasteiger partial charge in [0.15, 0.2) is 0 Å². The normalized spacial score (nSPS) is 11.7. The van der Waals surface area contributed by atoms with Crippen molar-refractivity contribution in [1.82, 2.24) is 16.0 Å². The van der Waals surface area contributed by atoms with Crippen LogP contribution in [-0.4, -0.2) is 68.9 Å². The molecule has 1 aromatic rings. The molecule has 0 saturated carbocycles. The molecule has 0 heterocycles. The van der Waals surface area contributed by atoms with Crippen molar-refractivity contribution in [2.75, 3.05) is 46.5 Å². The number of aliphatic hydroxyl groups excluding tert-OH is 1. The first-order valence-electron chi connectivity index (χ1n) is 7.43. The van der Waals surface area contributed by atoms with Crippen LogP contribution in [0.15, 0.2) is 24.3 Å². The van der Waals surface area contributed by atoms with Crippen molar-refractivity contribution in [2.45, 2.75) is 6.10 Å². The average Bonchev–Trinajstić information content (AvgIpc) is 2.54. The van der Waals surface area contributed by atoms with Crippen molar-refractivity contribution in [3.8, 4) is 11.5 Å². The number of methoxy groups -OCH3 is 1. The standard InChI is InChI=1S/C15H25N3O5/c1-22-9-8-18-15(21)17-7-6-16-10-13(20)11-23-14-4-2-12(19)3-5-14/h2-5,13,16,19-20H,6-11H2,1H3,(H2,17,18,21). The van der Waals surface area contributed by atoms with Gasteiger partial charge in [-0.15, -0.1) is 0 Å². The predicted molar refractivity (Wildman–Crippen MR) is 85.8 cm³/mol. The van der Waals surface area contributed by atoms with E-state index in [1.54, 1.807) is 19.2 Å². The minimum atomic E-state index is -0.667. The number of urea groups is 1. The average molecular weight is 327 g/mol. The maximum absolute atomic E-state index is 11.3. The molecule has 23 heavy (non-hydrogen) atoms. The maximum atomic E-state index is 11.3. The summed E-state index contributed by atoms with van der Waals surface area (Å²) in [7, 11) is 1.57. The van der Waals surface area contributed by atoms with Crippen LogP contribution in [-0.2, 0) is 4.74 Å². The molecule has 0 saturated heterocycles. The number of phenols is 1. The molecule has 1 atom stereocenters. The Balaban J connectivity index is 2.00. The third-order valence-corrected chi connectivity index (χ3v) is 2.84. The van der Waals surface area contributed by atoms with Crippen molar-refractivity contribution in [3.63, 3.8) is 0 Å². The van der Waals surface area contributed by atoms with E-state index in [9.17, 15) is 9.90 Å². The minimum absolute atomic E-state index is 0.142. The van der Waals surface area contributed by atoms with Crippen molar-refractivity contribution >= 4 is 6.03 Å². The van der Waals surface area contributed by atoms with Gasteiger partial charge in [0.25, 0.3) is 0 Å². The molecule has 2 amide bonds. The van der Waals surface area contributed by atoms with Crippen molar-refractivity contribution in [1.29, 1.82) is 0 Å². The van der Waals surface area contributed by atoms with Gasteiger partial charge >= 0.3 is 6.03 Å². The van der Waals surface area contributed by atoms with E-state index in [0.29, 0.717) is 38.5 Å². The summed E-state index contributed by atoms with van der Waals surface area (Å²) in [6, 6.07) is 6.04. The highest BCUT2D eigenvalue weighted by Gasteiger charge is 2.05. The number of amides is 2. The quantitative estimate of drug-likeness (QED) is 0.356. The topological polar surface area (TPSA) is 112 Å². The Labute approximate surface area is 135 Å². The highest BCUT2D eigenvalue weighted by Crippen LogP contribution is 2.15. The number of carbonyl (C=O) groups excluding carboxylic acids is 1. The van der Waals surface area contributed by atoms with Gasteiger partial charge in [0.1, 0.15) is 24.2 Å². The van der Waals surface area contributed by atoms with E-state index in [-0.39, 0.29) is 18.4 Å². The fraction of sp³-hybridized carbons (Fsp3) is 0.533. The molecular formula is C15H25N3O5. The molecule has 0 aliphatic carbocycles. The highest BCUT2D eigenvalue weighted by molar-refractivity contribution is 5.73. The fourth-order valence-electron chi connectivity index (χ4n) is 1.66. The number of carbonyl (C=O) groups is 1. The molecule has 0 spiro atoms. The van der Waals surface area contributed by atoms with Crippen molar-refractivity contribution < 1.29 is 24.5 Å². The fourth-order valence-corrected chi connectivity index (χ4v) is 1.66. The third kappa shape index (κ3) is 9.56. The summed E-state index contributed by atoms with van der Waals surface area (Å²) in [5.74, 6) is 0.745. The summed E-state index contributed by atoms with van der Waals surface area (Å²) < 4.78 is 10.2. The lowest BCUT2D eigenvalue weighted by atomic mass is 10.3. The third-order valence-electron chi connectivity index (χ3n) is 2.84. The van der Waals surface area contributed by atoms with Crippen LogP contribution in [0.1, 0.15) is 0 Å². The molecule has 8 nitrogen and oxygen atoms in total. The lowest BCUT2D eigenvalue weighted by molar-refractivity contribution is 0.106. The summed E-state index contributed by atoms with van der Waals surface area (Å²) >= 11 is 0. The number of hydrogen-bond donors (Lipinski definition) is 5. The summed E-state index contributed by atoms with van der Waals surface area (Å²) in [5.41, 5.74) is 0. The molecule has 130 valence electrons. The number of nitrogens with one attached hydrogen (secondary N) is 3. The smallest absolute Gasteiger partial charge is 0.314 e. The van der Waals surface area contributed by atoms with E-state index in [4.69, 9.17) is 14.6 Å². The van der Waals surface area contributed by atoms with E-state index >= 15 is 0 Å². The highest BCUT2D eigenvalue weighted by atomic mass is 16.5. The Morgan fingerprint density at radius 2 is 1.87 bits per heavy atom. The molecule has 0 radical (unpaired) electrons. The first-order chi connectivity index (χ1) is 11.1. The predicted octanol–water partition coefficient (Wildman–Crippen LogP) is -0.333. The Morgan fingerprint density at radius 1 is 1.17 bits per heavy atom. The summed E-state index contributed by atoms with van der Waals surface area (Å²) in [4.78, 5) is 11.3. The largest absolute Gasteiger partial charge is 0.508 e. The number of aromatic hydroxyl groups is 1. The second-order valence-electron chi connectivity index (χ2n) is 4.84. The van der Waals surface area contributed by atoms with Gasteiger partial charge in [-0.1, -0.05) is 0 Å². The first kappa shape index (κ1) is 19.0. The van der Waals surface area contributed by atoms with E-state index < -0.39 is 6.10 Å². The summed E-state index contributed by atoms with van der Waals surface area (Å²) in [5, 5.41) is 27.2. The van der Waals surface area contributed by atoms with Crippen LogP contribution in [0.2, 0.25) is 0 Å². The first-order valence-corrected chi connectivity index (χ1v) is 7.43. The Morgan fingerprint density at radius 3 is 2.57 bits per heavy atom. The molecule has 0 aliphatic heterocycles. The Bertz CT molecular complexity index is 441. The number of rotatable bonds is 11. The Hall–Kier alpha value is -2.03. The van der Waals surface area contributed by atoms with Crippen LogP contribution in [0.3, 0.4) is 0 Å². The molecule has 1 unspecified atom stereocenters. The number of phenolic OH excluding ortho intramolecular Hbond substituents is 1. The molecule has 0 aliphatic rings. The van der Waals surface area contributed by atoms with E-state index in [0.717, 1.165) is 0 Å². The van der Waals surface area contributed by atoms with Crippen LogP contribution in [0.25, 0.3) is 0 Å². The van der Waals surface area contributed by atoms with Gasteiger partial charge in [-0.25, -0.2) is 4.79 Å². The Kier molecular flexibility index (Phi) is 9.53. The molecular weight excluding hydrogens is 302 g/mol. The van der Waals surface area contributed by atoms with E-state index in [1.165, 1.54) is 12.1 Å². The van der Waals surface area contributed by atoms with Gasteiger partial charge < -0.3 is 35.6 Å². The van der Waals surface area contributed by atoms with Crippen LogP contribution >= 0.6 is 0 Å². The second-order valence-corrected chi connectivity index (χ2v) is 4.84. The van der Waals surface area contributed by atoms with Crippen molar-refractivity contribution in [3.05, 3.63) is 24.3 Å². The molecule has 8 heteroatoms. The molecule has 5 N–H and O–H groups in total. The molecule has 0 fully saturated rings. The van der Waals surface area contributed by atoms with Gasteiger partial charge in [-0.05, 0) is 24.3 Å². The number of hydrogen-bond acceptors (Lipinski definition) is 6. The number of aliphatic hydroxyl groups is 1. The summed E-state index contributed by atoms with van der Waals surface area (Å²) in [6.45, 7) is 2.41. The minimum Gasteiger partial charge on any atom is -0.508 e. The monoisotopic (exact) mass is 327 g/mol. The van der Waals surface area contributed by atoms with E-state index in [2.05, 4.69) is 16.0 Å². The van der Waals surface area contributed by atoms with Gasteiger partial charge in [0.2, 0.25) is 0 Å². The lowest BCUT2D eigenvalue weighted by Gasteiger charge is -2.13.